The monoisotopic (exact) mass is 282 g/mol. The standard InChI is InChI=1S/C17H27FO2/c1-2-3-4-5-15-12-19-17(20-13-15)11-8-14-6-9-16(18)10-7-14/h4-5,9,14-15,17H,2-3,6-8,10-13H2,1H3. The zero-order valence-electron chi connectivity index (χ0n) is 12.5. The number of rotatable bonds is 6. The van der Waals surface area contributed by atoms with Gasteiger partial charge in [-0.05, 0) is 44.4 Å². The number of hydrogen-bond acceptors (Lipinski definition) is 2. The van der Waals surface area contributed by atoms with Gasteiger partial charge < -0.3 is 9.47 Å². The fourth-order valence-electron chi connectivity index (χ4n) is 2.78. The fraction of sp³-hybridized carbons (Fsp3) is 0.765. The maximum absolute atomic E-state index is 12.9. The van der Waals surface area contributed by atoms with Crippen molar-refractivity contribution in [1.82, 2.24) is 0 Å². The highest BCUT2D eigenvalue weighted by Crippen LogP contribution is 2.29. The Bertz CT molecular complexity index is 330. The van der Waals surface area contributed by atoms with Crippen LogP contribution in [-0.2, 0) is 9.47 Å². The van der Waals surface area contributed by atoms with E-state index in [1.807, 2.05) is 0 Å². The summed E-state index contributed by atoms with van der Waals surface area (Å²) in [7, 11) is 0. The third kappa shape index (κ3) is 5.37. The molecule has 1 fully saturated rings. The first kappa shape index (κ1) is 15.7. The van der Waals surface area contributed by atoms with Crippen LogP contribution in [-0.4, -0.2) is 19.5 Å². The third-order valence-corrected chi connectivity index (χ3v) is 4.13. The Morgan fingerprint density at radius 2 is 2.10 bits per heavy atom. The summed E-state index contributed by atoms with van der Waals surface area (Å²) in [4.78, 5) is 0. The van der Waals surface area contributed by atoms with Gasteiger partial charge in [-0.15, -0.1) is 0 Å². The minimum absolute atomic E-state index is 0.0541. The van der Waals surface area contributed by atoms with E-state index in [-0.39, 0.29) is 12.1 Å². The molecule has 0 aromatic carbocycles. The van der Waals surface area contributed by atoms with Crippen LogP contribution in [0.4, 0.5) is 4.39 Å². The van der Waals surface area contributed by atoms with Crippen LogP contribution in [0, 0.1) is 11.8 Å². The second-order valence-corrected chi connectivity index (χ2v) is 5.94. The van der Waals surface area contributed by atoms with Gasteiger partial charge in [-0.1, -0.05) is 31.6 Å². The van der Waals surface area contributed by atoms with Crippen LogP contribution in [0.5, 0.6) is 0 Å². The molecule has 0 radical (unpaired) electrons. The Kier molecular flexibility index (Phi) is 6.74. The minimum Gasteiger partial charge on any atom is -0.352 e. The van der Waals surface area contributed by atoms with Crippen molar-refractivity contribution in [2.24, 2.45) is 11.8 Å². The van der Waals surface area contributed by atoms with E-state index in [1.165, 1.54) is 6.42 Å². The summed E-state index contributed by atoms with van der Waals surface area (Å²) in [5, 5.41) is 0. The molecule has 3 heteroatoms. The topological polar surface area (TPSA) is 18.5 Å². The zero-order valence-corrected chi connectivity index (χ0v) is 12.5. The summed E-state index contributed by atoms with van der Waals surface area (Å²) in [6.07, 6.45) is 12.9. The van der Waals surface area contributed by atoms with Crippen molar-refractivity contribution in [2.75, 3.05) is 13.2 Å². The summed E-state index contributed by atoms with van der Waals surface area (Å²) >= 11 is 0. The molecule has 0 bridgehead atoms. The van der Waals surface area contributed by atoms with Crippen molar-refractivity contribution < 1.29 is 13.9 Å². The van der Waals surface area contributed by atoms with E-state index in [0.717, 1.165) is 45.3 Å². The Balaban J connectivity index is 1.60. The first-order valence-corrected chi connectivity index (χ1v) is 8.02. The molecule has 0 amide bonds. The molecule has 20 heavy (non-hydrogen) atoms. The Morgan fingerprint density at radius 1 is 1.30 bits per heavy atom. The van der Waals surface area contributed by atoms with Crippen molar-refractivity contribution in [3.05, 3.63) is 24.1 Å². The number of unbranched alkanes of at least 4 members (excludes halogenated alkanes) is 1. The second kappa shape index (κ2) is 8.58. The summed E-state index contributed by atoms with van der Waals surface area (Å²) in [6, 6.07) is 0. The molecular weight excluding hydrogens is 255 g/mol. The van der Waals surface area contributed by atoms with Gasteiger partial charge in [0.05, 0.1) is 19.0 Å². The van der Waals surface area contributed by atoms with Crippen molar-refractivity contribution in [3.8, 4) is 0 Å². The van der Waals surface area contributed by atoms with Gasteiger partial charge in [0.15, 0.2) is 6.29 Å². The molecule has 0 saturated carbocycles. The number of allylic oxidation sites excluding steroid dienone is 3. The predicted octanol–water partition coefficient (Wildman–Crippen LogP) is 4.77. The van der Waals surface area contributed by atoms with Crippen molar-refractivity contribution in [3.63, 3.8) is 0 Å². The van der Waals surface area contributed by atoms with Crippen LogP contribution in [0.2, 0.25) is 0 Å². The van der Waals surface area contributed by atoms with Crippen LogP contribution in [0.1, 0.15) is 51.9 Å². The second-order valence-electron chi connectivity index (χ2n) is 5.94. The van der Waals surface area contributed by atoms with Crippen molar-refractivity contribution in [2.45, 2.75) is 58.2 Å². The predicted molar refractivity (Wildman–Crippen MR) is 79.0 cm³/mol. The van der Waals surface area contributed by atoms with Gasteiger partial charge in [0.25, 0.3) is 0 Å². The van der Waals surface area contributed by atoms with E-state index in [0.29, 0.717) is 18.3 Å². The lowest BCUT2D eigenvalue weighted by Crippen LogP contribution is -2.31. The smallest absolute Gasteiger partial charge is 0.157 e. The van der Waals surface area contributed by atoms with Crippen LogP contribution >= 0.6 is 0 Å². The van der Waals surface area contributed by atoms with Gasteiger partial charge in [0.1, 0.15) is 0 Å². The van der Waals surface area contributed by atoms with Crippen LogP contribution in [0.25, 0.3) is 0 Å². The third-order valence-electron chi connectivity index (χ3n) is 4.13. The molecule has 0 aromatic rings. The maximum Gasteiger partial charge on any atom is 0.157 e. The van der Waals surface area contributed by atoms with Crippen molar-refractivity contribution >= 4 is 0 Å². The summed E-state index contributed by atoms with van der Waals surface area (Å²) < 4.78 is 24.5. The molecule has 1 saturated heterocycles. The first-order valence-electron chi connectivity index (χ1n) is 8.02. The lowest BCUT2D eigenvalue weighted by atomic mass is 9.89. The molecule has 2 aliphatic rings. The van der Waals surface area contributed by atoms with Crippen LogP contribution in [0.3, 0.4) is 0 Å². The van der Waals surface area contributed by atoms with Gasteiger partial charge in [-0.3, -0.25) is 0 Å². The lowest BCUT2D eigenvalue weighted by molar-refractivity contribution is -0.196. The Labute approximate surface area is 122 Å². The van der Waals surface area contributed by atoms with Gasteiger partial charge in [0.2, 0.25) is 0 Å². The average molecular weight is 282 g/mol. The Hall–Kier alpha value is -0.670. The number of hydrogen-bond donors (Lipinski definition) is 0. The van der Waals surface area contributed by atoms with E-state index in [1.54, 1.807) is 6.08 Å². The molecular formula is C17H27FO2. The average Bonchev–Trinajstić information content (AvgIpc) is 2.48. The molecule has 0 spiro atoms. The highest BCUT2D eigenvalue weighted by molar-refractivity contribution is 4.97. The summed E-state index contributed by atoms with van der Waals surface area (Å²) in [5.74, 6) is 1.07. The van der Waals surface area contributed by atoms with Crippen LogP contribution in [0.15, 0.2) is 24.1 Å². The largest absolute Gasteiger partial charge is 0.352 e. The van der Waals surface area contributed by atoms with E-state index in [2.05, 4.69) is 19.1 Å². The van der Waals surface area contributed by atoms with E-state index < -0.39 is 0 Å². The van der Waals surface area contributed by atoms with E-state index in [4.69, 9.17) is 9.47 Å². The van der Waals surface area contributed by atoms with Gasteiger partial charge in [-0.2, -0.15) is 0 Å². The van der Waals surface area contributed by atoms with Crippen molar-refractivity contribution in [1.29, 1.82) is 0 Å². The molecule has 1 aliphatic heterocycles. The number of ether oxygens (including phenoxy) is 2. The molecule has 1 heterocycles. The molecule has 2 rings (SSSR count). The molecule has 2 nitrogen and oxygen atoms in total. The SMILES string of the molecule is CCCC=CC1COC(CCC2CC=C(F)CC2)OC1. The lowest BCUT2D eigenvalue weighted by Gasteiger charge is -2.29. The van der Waals surface area contributed by atoms with E-state index >= 15 is 0 Å². The van der Waals surface area contributed by atoms with Gasteiger partial charge in [-0.25, -0.2) is 4.39 Å². The molecule has 1 unspecified atom stereocenters. The summed E-state index contributed by atoms with van der Waals surface area (Å²) in [6.45, 7) is 3.72. The molecule has 0 N–H and O–H groups in total. The van der Waals surface area contributed by atoms with E-state index in [9.17, 15) is 4.39 Å². The van der Waals surface area contributed by atoms with Gasteiger partial charge in [0, 0.05) is 5.92 Å². The minimum atomic E-state index is -0.0541. The molecule has 0 aromatic heterocycles. The van der Waals surface area contributed by atoms with Gasteiger partial charge >= 0.3 is 0 Å². The first-order chi connectivity index (χ1) is 9.78. The fourth-order valence-corrected chi connectivity index (χ4v) is 2.78. The molecule has 1 atom stereocenters. The zero-order chi connectivity index (χ0) is 14.2. The highest BCUT2D eigenvalue weighted by atomic mass is 19.1. The quantitative estimate of drug-likeness (QED) is 0.654. The Morgan fingerprint density at radius 3 is 2.75 bits per heavy atom. The maximum atomic E-state index is 12.9. The normalized spacial score (nSPS) is 31.5. The highest BCUT2D eigenvalue weighted by Gasteiger charge is 2.22. The number of halogens is 1. The van der Waals surface area contributed by atoms with Crippen LogP contribution < -0.4 is 0 Å². The molecule has 1 aliphatic carbocycles. The molecule has 114 valence electrons. The summed E-state index contributed by atoms with van der Waals surface area (Å²) in [5.41, 5.74) is 0.